The number of rotatable bonds is 10. The van der Waals surface area contributed by atoms with Gasteiger partial charge in [-0.2, -0.15) is 4.98 Å². The Morgan fingerprint density at radius 1 is 1.07 bits per heavy atom. The molecule has 220 valence electrons. The molecule has 0 unspecified atom stereocenters. The number of nitro groups is 1. The highest BCUT2D eigenvalue weighted by atomic mass is 32.2. The van der Waals surface area contributed by atoms with Gasteiger partial charge >= 0.3 is 5.69 Å². The summed E-state index contributed by atoms with van der Waals surface area (Å²) in [5, 5.41) is 13.7. The zero-order valence-electron chi connectivity index (χ0n) is 22.3. The van der Waals surface area contributed by atoms with Gasteiger partial charge in [-0.05, 0) is 36.8 Å². The largest absolute Gasteiger partial charge is 0.497 e. The van der Waals surface area contributed by atoms with Crippen LogP contribution in [-0.4, -0.2) is 82.3 Å². The number of hydrogen-bond acceptors (Lipinski definition) is 10. The van der Waals surface area contributed by atoms with Crippen LogP contribution < -0.4 is 15.7 Å². The molecule has 2 heterocycles. The lowest BCUT2D eigenvalue weighted by Gasteiger charge is -2.33. The first kappa shape index (κ1) is 29.9. The third-order valence-corrected chi connectivity index (χ3v) is 8.23. The summed E-state index contributed by atoms with van der Waals surface area (Å²) in [6.07, 6.45) is 1.10. The number of amides is 3. The number of nitrogens with one attached hydrogen (secondary N) is 1. The van der Waals surface area contributed by atoms with Crippen molar-refractivity contribution >= 4 is 39.3 Å². The maximum Gasteiger partial charge on any atom is 0.349 e. The fraction of sp³-hybridized carbons (Fsp3) is 0.269. The van der Waals surface area contributed by atoms with E-state index in [-0.39, 0.29) is 36.6 Å². The summed E-state index contributed by atoms with van der Waals surface area (Å²) in [5.41, 5.74) is -0.507. The number of aryl methyl sites for hydroxylation is 1. The molecule has 1 saturated heterocycles. The number of carbonyl (C=O) groups is 3. The maximum atomic E-state index is 12.8. The summed E-state index contributed by atoms with van der Waals surface area (Å²) in [7, 11) is -2.62. The second-order valence-electron chi connectivity index (χ2n) is 9.14. The van der Waals surface area contributed by atoms with Gasteiger partial charge in [0.25, 0.3) is 17.5 Å². The second kappa shape index (κ2) is 12.6. The minimum Gasteiger partial charge on any atom is -0.497 e. The van der Waals surface area contributed by atoms with Crippen LogP contribution in [0.5, 0.6) is 5.75 Å². The zero-order valence-corrected chi connectivity index (χ0v) is 23.2. The first-order chi connectivity index (χ1) is 20.0. The Kier molecular flexibility index (Phi) is 8.95. The van der Waals surface area contributed by atoms with Gasteiger partial charge in [0.1, 0.15) is 24.7 Å². The van der Waals surface area contributed by atoms with Crippen LogP contribution in [0.1, 0.15) is 15.9 Å². The van der Waals surface area contributed by atoms with E-state index in [1.54, 1.807) is 18.2 Å². The van der Waals surface area contributed by atoms with E-state index in [0.717, 1.165) is 9.47 Å². The third kappa shape index (κ3) is 6.95. The molecule has 4 rings (SSSR count). The first-order valence-electron chi connectivity index (χ1n) is 12.5. The molecule has 1 aliphatic rings. The number of aromatic nitrogens is 2. The molecule has 2 aromatic carbocycles. The molecule has 0 bridgehead atoms. The van der Waals surface area contributed by atoms with Crippen molar-refractivity contribution in [3.05, 3.63) is 92.5 Å². The number of anilines is 1. The van der Waals surface area contributed by atoms with Gasteiger partial charge in [-0.15, -0.1) is 0 Å². The smallest absolute Gasteiger partial charge is 0.349 e. The Labute approximate surface area is 239 Å². The number of benzene rings is 2. The van der Waals surface area contributed by atoms with Gasteiger partial charge in [-0.25, -0.2) is 17.5 Å². The van der Waals surface area contributed by atoms with E-state index in [4.69, 9.17) is 4.74 Å². The Balaban J connectivity index is 1.33. The van der Waals surface area contributed by atoms with Crippen molar-refractivity contribution in [2.75, 3.05) is 37.8 Å². The van der Waals surface area contributed by atoms with Crippen molar-refractivity contribution in [2.45, 2.75) is 13.0 Å². The van der Waals surface area contributed by atoms with Crippen LogP contribution in [0.3, 0.4) is 0 Å². The minimum absolute atomic E-state index is 0.0284. The van der Waals surface area contributed by atoms with Crippen LogP contribution in [-0.2, 0) is 32.6 Å². The Hall–Kier alpha value is -5.12. The highest BCUT2D eigenvalue weighted by molar-refractivity contribution is 7.89. The molecule has 3 amide bonds. The van der Waals surface area contributed by atoms with Crippen LogP contribution >= 0.6 is 0 Å². The van der Waals surface area contributed by atoms with Crippen molar-refractivity contribution < 1.29 is 32.5 Å². The molecule has 0 atom stereocenters. The standard InChI is InChI=1S/C26H26N6O9S/c1-41-20-8-6-19(7-9-20)25(35)27-22-10-12-30(26(36)28-22)16-23(33)29-13-14-31(24(34)17-29)42(39,40)15-11-18-4-2-3-5-21(18)32(37)38/h2-10,12H,11,13-17H2,1H3,(H,27,28,35,36). The number of carbonyl (C=O) groups excluding carboxylic acids is 3. The third-order valence-electron chi connectivity index (χ3n) is 6.46. The van der Waals surface area contributed by atoms with E-state index in [1.807, 2.05) is 0 Å². The van der Waals surface area contributed by atoms with Crippen molar-refractivity contribution in [3.8, 4) is 5.75 Å². The minimum atomic E-state index is -4.11. The molecule has 3 aromatic rings. The molecule has 1 aliphatic heterocycles. The summed E-state index contributed by atoms with van der Waals surface area (Å²) in [6, 6.07) is 13.4. The Morgan fingerprint density at radius 2 is 1.79 bits per heavy atom. The van der Waals surface area contributed by atoms with Crippen molar-refractivity contribution in [1.82, 2.24) is 18.8 Å². The summed E-state index contributed by atoms with van der Waals surface area (Å²) in [5.74, 6) is -1.94. The number of para-hydroxylation sites is 1. The number of methoxy groups -OCH3 is 1. The lowest BCUT2D eigenvalue weighted by atomic mass is 10.1. The molecule has 1 N–H and O–H groups in total. The number of ether oxygens (including phenoxy) is 1. The number of sulfonamides is 1. The molecule has 0 radical (unpaired) electrons. The molecule has 15 nitrogen and oxygen atoms in total. The average Bonchev–Trinajstić information content (AvgIpc) is 2.97. The second-order valence-corrected chi connectivity index (χ2v) is 11.2. The Morgan fingerprint density at radius 3 is 2.43 bits per heavy atom. The molecule has 0 saturated carbocycles. The molecular formula is C26H26N6O9S. The van der Waals surface area contributed by atoms with E-state index in [2.05, 4.69) is 10.3 Å². The van der Waals surface area contributed by atoms with Crippen molar-refractivity contribution in [2.24, 2.45) is 0 Å². The van der Waals surface area contributed by atoms with Gasteiger partial charge in [0.2, 0.25) is 15.9 Å². The van der Waals surface area contributed by atoms with Gasteiger partial charge in [0.05, 0.1) is 24.3 Å². The number of nitrogens with zero attached hydrogens (tertiary/aromatic N) is 5. The van der Waals surface area contributed by atoms with Crippen LogP contribution in [0.4, 0.5) is 11.5 Å². The molecular weight excluding hydrogens is 572 g/mol. The maximum absolute atomic E-state index is 12.8. The number of nitro benzene ring substituents is 1. The SMILES string of the molecule is COc1ccc(C(=O)Nc2ccn(CC(=O)N3CCN(S(=O)(=O)CCc4ccccc4[N+](=O)[O-])C(=O)C3)c(=O)n2)cc1. The van der Waals surface area contributed by atoms with Gasteiger partial charge < -0.3 is 15.0 Å². The normalized spacial score (nSPS) is 13.5. The quantitative estimate of drug-likeness (QED) is 0.256. The fourth-order valence-corrected chi connectivity index (χ4v) is 5.64. The van der Waals surface area contributed by atoms with E-state index in [0.29, 0.717) is 15.6 Å². The van der Waals surface area contributed by atoms with Crippen LogP contribution in [0.25, 0.3) is 0 Å². The first-order valence-corrected chi connectivity index (χ1v) is 14.2. The number of piperazine rings is 1. The van der Waals surface area contributed by atoms with E-state index in [1.165, 1.54) is 49.7 Å². The predicted octanol–water partition coefficient (Wildman–Crippen LogP) is 0.656. The predicted molar refractivity (Wildman–Crippen MR) is 148 cm³/mol. The van der Waals surface area contributed by atoms with E-state index in [9.17, 15) is 37.7 Å². The van der Waals surface area contributed by atoms with Crippen LogP contribution in [0, 0.1) is 10.1 Å². The zero-order chi connectivity index (χ0) is 30.4. The molecule has 1 aromatic heterocycles. The van der Waals surface area contributed by atoms with Crippen LogP contribution in [0.2, 0.25) is 0 Å². The highest BCUT2D eigenvalue weighted by Crippen LogP contribution is 2.20. The van der Waals surface area contributed by atoms with Gasteiger partial charge in [-0.1, -0.05) is 18.2 Å². The fourth-order valence-electron chi connectivity index (χ4n) is 4.21. The molecule has 16 heteroatoms. The van der Waals surface area contributed by atoms with Crippen molar-refractivity contribution in [1.29, 1.82) is 0 Å². The van der Waals surface area contributed by atoms with Crippen LogP contribution in [0.15, 0.2) is 65.6 Å². The highest BCUT2D eigenvalue weighted by Gasteiger charge is 2.34. The molecule has 0 spiro atoms. The average molecular weight is 599 g/mol. The van der Waals surface area contributed by atoms with Gasteiger partial charge in [0.15, 0.2) is 0 Å². The van der Waals surface area contributed by atoms with Crippen molar-refractivity contribution in [3.63, 3.8) is 0 Å². The Bertz CT molecular complexity index is 1690. The number of hydrogen-bond donors (Lipinski definition) is 1. The van der Waals surface area contributed by atoms with Gasteiger partial charge in [-0.3, -0.25) is 29.1 Å². The van der Waals surface area contributed by atoms with E-state index >= 15 is 0 Å². The summed E-state index contributed by atoms with van der Waals surface area (Å²) < 4.78 is 32.4. The lowest BCUT2D eigenvalue weighted by Crippen LogP contribution is -2.55. The summed E-state index contributed by atoms with van der Waals surface area (Å²) in [4.78, 5) is 65.9. The molecule has 0 aliphatic carbocycles. The van der Waals surface area contributed by atoms with Gasteiger partial charge in [0, 0.05) is 29.9 Å². The topological polar surface area (TPSA) is 191 Å². The molecule has 42 heavy (non-hydrogen) atoms. The van der Waals surface area contributed by atoms with E-state index < -0.39 is 57.2 Å². The summed E-state index contributed by atoms with van der Waals surface area (Å²) >= 11 is 0. The summed E-state index contributed by atoms with van der Waals surface area (Å²) in [6.45, 7) is -1.39. The monoisotopic (exact) mass is 598 g/mol. The molecule has 1 fully saturated rings. The lowest BCUT2D eigenvalue weighted by molar-refractivity contribution is -0.385.